The summed E-state index contributed by atoms with van der Waals surface area (Å²) in [7, 11) is 0. The molecular weight excluding hydrogens is 585 g/mol. The van der Waals surface area contributed by atoms with Gasteiger partial charge >= 0.3 is 12.0 Å². The molecule has 0 spiro atoms. The minimum atomic E-state index is -1.71. The Morgan fingerprint density at radius 3 is 2.38 bits per heavy atom. The third-order valence-corrected chi connectivity index (χ3v) is 7.87. The van der Waals surface area contributed by atoms with Gasteiger partial charge in [-0.3, -0.25) is 10.1 Å². The second-order valence-electron chi connectivity index (χ2n) is 11.1. The summed E-state index contributed by atoms with van der Waals surface area (Å²) in [5.74, 6) is -5.35. The van der Waals surface area contributed by atoms with Crippen molar-refractivity contribution < 1.29 is 32.6 Å². The van der Waals surface area contributed by atoms with Crippen LogP contribution in [0.4, 0.5) is 18.9 Å². The first-order valence-corrected chi connectivity index (χ1v) is 14.6. The van der Waals surface area contributed by atoms with Gasteiger partial charge in [0.25, 0.3) is 0 Å². The number of carboxylic acids is 1. The molecule has 0 radical (unpaired) electrons. The SMILES string of the molecule is CCCCc1cccc([C@]2(C(Oc3nc(C)cc(C)n3)C(=O)O)NCC(=O)N(Cc3c(F)cc(F)cc3F)c3ccccc32)c1. The van der Waals surface area contributed by atoms with Crippen molar-refractivity contribution in [3.05, 3.63) is 118 Å². The van der Waals surface area contributed by atoms with Crippen LogP contribution in [0.3, 0.4) is 0 Å². The van der Waals surface area contributed by atoms with Crippen molar-refractivity contribution >= 4 is 17.6 Å². The van der Waals surface area contributed by atoms with E-state index < -0.39 is 59.6 Å². The molecule has 2 N–H and O–H groups in total. The molecule has 45 heavy (non-hydrogen) atoms. The molecule has 1 unspecified atom stereocenters. The molecule has 0 aliphatic carbocycles. The molecule has 0 fully saturated rings. The van der Waals surface area contributed by atoms with Crippen LogP contribution in [-0.4, -0.2) is 39.6 Å². The first-order chi connectivity index (χ1) is 21.5. The number of hydrogen-bond donors (Lipinski definition) is 2. The second kappa shape index (κ2) is 13.1. The third kappa shape index (κ3) is 6.39. The first kappa shape index (κ1) is 31.6. The maximum absolute atomic E-state index is 14.8. The quantitative estimate of drug-likeness (QED) is 0.233. The van der Waals surface area contributed by atoms with E-state index in [0.29, 0.717) is 34.6 Å². The molecule has 8 nitrogen and oxygen atoms in total. The lowest BCUT2D eigenvalue weighted by Crippen LogP contribution is -2.58. The van der Waals surface area contributed by atoms with Gasteiger partial charge in [0, 0.05) is 40.3 Å². The van der Waals surface area contributed by atoms with Crippen LogP contribution in [0.15, 0.2) is 66.7 Å². The van der Waals surface area contributed by atoms with Crippen molar-refractivity contribution in [2.45, 2.75) is 58.2 Å². The molecule has 0 saturated carbocycles. The molecule has 0 bridgehead atoms. The summed E-state index contributed by atoms with van der Waals surface area (Å²) in [6, 6.07) is 16.6. The van der Waals surface area contributed by atoms with Crippen molar-refractivity contribution in [3.63, 3.8) is 0 Å². The number of aryl methyl sites for hydroxylation is 3. The predicted molar refractivity (Wildman–Crippen MR) is 161 cm³/mol. The molecular formula is C34H33F3N4O4. The molecule has 5 rings (SSSR count). The smallest absolute Gasteiger partial charge is 0.347 e. The molecule has 3 aromatic carbocycles. The molecule has 234 valence electrons. The maximum atomic E-state index is 14.8. The number of rotatable bonds is 10. The number of aliphatic carboxylic acids is 1. The van der Waals surface area contributed by atoms with Gasteiger partial charge in [-0.05, 0) is 49.9 Å². The summed E-state index contributed by atoms with van der Waals surface area (Å²) in [6.45, 7) is 4.53. The molecule has 4 aromatic rings. The number of carbonyl (C=O) groups excluding carboxylic acids is 1. The molecule has 11 heteroatoms. The van der Waals surface area contributed by atoms with Gasteiger partial charge < -0.3 is 14.7 Å². The lowest BCUT2D eigenvalue weighted by Gasteiger charge is -2.39. The van der Waals surface area contributed by atoms with E-state index in [9.17, 15) is 27.9 Å². The number of nitrogens with zero attached hydrogens (tertiary/aromatic N) is 3. The highest BCUT2D eigenvalue weighted by Crippen LogP contribution is 2.43. The topological polar surface area (TPSA) is 105 Å². The summed E-state index contributed by atoms with van der Waals surface area (Å²) < 4.78 is 49.5. The summed E-state index contributed by atoms with van der Waals surface area (Å²) in [5, 5.41) is 14.0. The number of para-hydroxylation sites is 1. The van der Waals surface area contributed by atoms with Crippen molar-refractivity contribution in [2.75, 3.05) is 11.4 Å². The van der Waals surface area contributed by atoms with E-state index in [1.54, 1.807) is 50.2 Å². The van der Waals surface area contributed by atoms with E-state index in [1.807, 2.05) is 18.2 Å². The highest BCUT2D eigenvalue weighted by molar-refractivity contribution is 5.97. The van der Waals surface area contributed by atoms with E-state index in [4.69, 9.17) is 4.74 Å². The summed E-state index contributed by atoms with van der Waals surface area (Å²) in [6.07, 6.45) is 0.862. The van der Waals surface area contributed by atoms with Crippen LogP contribution in [0.25, 0.3) is 0 Å². The number of nitrogens with one attached hydrogen (secondary N) is 1. The molecule has 2 atom stereocenters. The van der Waals surface area contributed by atoms with Crippen LogP contribution in [0.1, 0.15) is 53.4 Å². The number of carboxylic acid groups (broad SMARTS) is 1. The Kier molecular flexibility index (Phi) is 9.19. The van der Waals surface area contributed by atoms with Gasteiger partial charge in [-0.15, -0.1) is 0 Å². The number of hydrogen-bond acceptors (Lipinski definition) is 6. The van der Waals surface area contributed by atoms with Crippen molar-refractivity contribution in [1.29, 1.82) is 0 Å². The Bertz CT molecular complexity index is 1710. The fourth-order valence-corrected chi connectivity index (χ4v) is 5.81. The van der Waals surface area contributed by atoms with Crippen LogP contribution in [0.5, 0.6) is 6.01 Å². The number of amides is 1. The molecule has 2 heterocycles. The third-order valence-electron chi connectivity index (χ3n) is 7.87. The van der Waals surface area contributed by atoms with E-state index in [2.05, 4.69) is 22.2 Å². The Hall–Kier alpha value is -4.77. The van der Waals surface area contributed by atoms with E-state index in [1.165, 1.54) is 0 Å². The van der Waals surface area contributed by atoms with Crippen LogP contribution < -0.4 is 15.0 Å². The van der Waals surface area contributed by atoms with E-state index in [0.717, 1.165) is 29.7 Å². The predicted octanol–water partition coefficient (Wildman–Crippen LogP) is 5.77. The zero-order valence-corrected chi connectivity index (χ0v) is 25.1. The van der Waals surface area contributed by atoms with Crippen molar-refractivity contribution in [3.8, 4) is 6.01 Å². The highest BCUT2D eigenvalue weighted by Gasteiger charge is 2.52. The summed E-state index contributed by atoms with van der Waals surface area (Å²) in [4.78, 5) is 36.8. The largest absolute Gasteiger partial charge is 0.478 e. The Morgan fingerprint density at radius 1 is 1.02 bits per heavy atom. The number of unbranched alkanes of at least 4 members (excludes halogenated alkanes) is 1. The monoisotopic (exact) mass is 618 g/mol. The van der Waals surface area contributed by atoms with Crippen molar-refractivity contribution in [2.24, 2.45) is 0 Å². The number of benzene rings is 3. The lowest BCUT2D eigenvalue weighted by atomic mass is 9.76. The Labute approximate surface area is 258 Å². The fourth-order valence-electron chi connectivity index (χ4n) is 5.81. The number of anilines is 1. The van der Waals surface area contributed by atoms with Crippen molar-refractivity contribution in [1.82, 2.24) is 15.3 Å². The average Bonchev–Trinajstić information content (AvgIpc) is 3.11. The average molecular weight is 619 g/mol. The van der Waals surface area contributed by atoms with Gasteiger partial charge in [0.05, 0.1) is 13.1 Å². The first-order valence-electron chi connectivity index (χ1n) is 14.6. The number of carbonyl (C=O) groups is 2. The number of halogens is 3. The zero-order chi connectivity index (χ0) is 32.3. The van der Waals surface area contributed by atoms with Crippen LogP contribution >= 0.6 is 0 Å². The van der Waals surface area contributed by atoms with Gasteiger partial charge in [0.15, 0.2) is 0 Å². The standard InChI is InChI=1S/C34H33F3N4O4/c1-4-5-9-22-10-8-11-23(15-22)34(31(32(43)44)45-33-39-20(2)14-21(3)40-33)26-12-6-7-13-29(26)41(30(42)18-38-34)19-25-27(36)16-24(35)17-28(25)37/h6-8,10-17,31,38H,4-5,9,18-19H2,1-3H3,(H,43,44)/t31?,34-/m0/s1. The van der Waals surface area contributed by atoms with Gasteiger partial charge in [-0.25, -0.2) is 27.9 Å². The van der Waals surface area contributed by atoms with Crippen LogP contribution in [0, 0.1) is 31.3 Å². The molecule has 1 aliphatic heterocycles. The number of ether oxygens (including phenoxy) is 1. The Balaban J connectivity index is 1.75. The van der Waals surface area contributed by atoms with Gasteiger partial charge in [-0.2, -0.15) is 0 Å². The second-order valence-corrected chi connectivity index (χ2v) is 11.1. The van der Waals surface area contributed by atoms with Gasteiger partial charge in [-0.1, -0.05) is 55.8 Å². The van der Waals surface area contributed by atoms with Crippen LogP contribution in [-0.2, 0) is 28.1 Å². The minimum absolute atomic E-state index is 0.163. The summed E-state index contributed by atoms with van der Waals surface area (Å²) in [5.41, 5.74) is 0.858. The van der Waals surface area contributed by atoms with Gasteiger partial charge in [0.2, 0.25) is 12.0 Å². The minimum Gasteiger partial charge on any atom is -0.478 e. The molecule has 0 saturated heterocycles. The number of fused-ring (bicyclic) bond motifs is 1. The van der Waals surface area contributed by atoms with Gasteiger partial charge in [0.1, 0.15) is 23.0 Å². The molecule has 1 aliphatic rings. The zero-order valence-electron chi connectivity index (χ0n) is 25.1. The van der Waals surface area contributed by atoms with E-state index >= 15 is 0 Å². The maximum Gasteiger partial charge on any atom is 0.347 e. The fraction of sp³-hybridized carbons (Fsp3) is 0.294. The number of aromatic nitrogens is 2. The Morgan fingerprint density at radius 2 is 1.71 bits per heavy atom. The summed E-state index contributed by atoms with van der Waals surface area (Å²) >= 11 is 0. The molecule has 1 amide bonds. The molecule has 1 aromatic heterocycles. The highest BCUT2D eigenvalue weighted by atomic mass is 19.1. The lowest BCUT2D eigenvalue weighted by molar-refractivity contribution is -0.149. The van der Waals surface area contributed by atoms with Crippen LogP contribution in [0.2, 0.25) is 0 Å². The van der Waals surface area contributed by atoms with E-state index in [-0.39, 0.29) is 11.7 Å². The normalized spacial score (nSPS) is 17.0.